The number of amides is 1. The fourth-order valence-corrected chi connectivity index (χ4v) is 6.90. The first-order chi connectivity index (χ1) is 19.0. The lowest BCUT2D eigenvalue weighted by Crippen LogP contribution is -2.39. The zero-order chi connectivity index (χ0) is 26.9. The van der Waals surface area contributed by atoms with Gasteiger partial charge in [-0.05, 0) is 79.5 Å². The van der Waals surface area contributed by atoms with Crippen LogP contribution in [0, 0.1) is 5.92 Å². The van der Waals surface area contributed by atoms with Crippen molar-refractivity contribution in [3.8, 4) is 11.1 Å². The average Bonchev–Trinajstić information content (AvgIpc) is 3.26. The largest absolute Gasteiger partial charge is 0.465 e. The second kappa shape index (κ2) is 10.9. The van der Waals surface area contributed by atoms with E-state index in [9.17, 15) is 9.90 Å². The molecule has 1 heterocycles. The van der Waals surface area contributed by atoms with Crippen LogP contribution in [0.1, 0.15) is 66.8 Å². The van der Waals surface area contributed by atoms with E-state index in [0.29, 0.717) is 25.0 Å². The lowest BCUT2D eigenvalue weighted by Gasteiger charge is -2.33. The molecule has 1 amide bonds. The predicted octanol–water partition coefficient (Wildman–Crippen LogP) is 6.18. The van der Waals surface area contributed by atoms with Crippen molar-refractivity contribution in [3.05, 3.63) is 70.9 Å². The number of carbonyl (C=O) groups is 1. The Bertz CT molecular complexity index is 1300. The maximum atomic E-state index is 12.4. The third-order valence-electron chi connectivity index (χ3n) is 8.88. The fourth-order valence-electron chi connectivity index (χ4n) is 6.90. The van der Waals surface area contributed by atoms with Crippen molar-refractivity contribution < 1.29 is 9.90 Å². The van der Waals surface area contributed by atoms with Gasteiger partial charge in [-0.1, -0.05) is 48.5 Å². The molecule has 2 N–H and O–H groups in total. The Labute approximate surface area is 231 Å². The molecule has 3 aromatic rings. The normalized spacial score (nSPS) is 20.1. The van der Waals surface area contributed by atoms with E-state index in [4.69, 9.17) is 9.97 Å². The molecule has 7 nitrogen and oxygen atoms in total. The van der Waals surface area contributed by atoms with Crippen LogP contribution in [0.25, 0.3) is 11.1 Å². The average molecular weight is 526 g/mol. The number of nitrogens with zero attached hydrogens (tertiary/aromatic N) is 4. The van der Waals surface area contributed by atoms with Gasteiger partial charge in [0, 0.05) is 44.7 Å². The first-order valence-electron chi connectivity index (χ1n) is 14.5. The first-order valence-corrected chi connectivity index (χ1v) is 14.5. The molecule has 3 aliphatic carbocycles. The molecule has 39 heavy (non-hydrogen) atoms. The van der Waals surface area contributed by atoms with Gasteiger partial charge in [0.25, 0.3) is 0 Å². The molecule has 6 rings (SSSR count). The molecular formula is C32H39N5O2. The number of anilines is 2. The van der Waals surface area contributed by atoms with Crippen molar-refractivity contribution in [2.45, 2.75) is 63.3 Å². The number of carboxylic acid groups (broad SMARTS) is 1. The van der Waals surface area contributed by atoms with E-state index in [1.54, 1.807) is 4.90 Å². The zero-order valence-corrected chi connectivity index (χ0v) is 23.1. The fraction of sp³-hybridized carbons (Fsp3) is 0.469. The number of aromatic nitrogens is 2. The highest BCUT2D eigenvalue weighted by Crippen LogP contribution is 2.45. The summed E-state index contributed by atoms with van der Waals surface area (Å²) in [6.07, 6.45) is 7.69. The minimum Gasteiger partial charge on any atom is -0.465 e. The second-order valence-electron chi connectivity index (χ2n) is 11.7. The van der Waals surface area contributed by atoms with Gasteiger partial charge in [0.15, 0.2) is 0 Å². The van der Waals surface area contributed by atoms with Crippen LogP contribution in [0.5, 0.6) is 0 Å². The molecule has 0 radical (unpaired) electrons. The molecule has 7 heteroatoms. The van der Waals surface area contributed by atoms with Gasteiger partial charge < -0.3 is 20.2 Å². The minimum atomic E-state index is -0.823. The summed E-state index contributed by atoms with van der Waals surface area (Å²) in [7, 11) is 4.12. The van der Waals surface area contributed by atoms with Gasteiger partial charge in [0.1, 0.15) is 5.82 Å². The van der Waals surface area contributed by atoms with Crippen molar-refractivity contribution in [3.63, 3.8) is 0 Å². The van der Waals surface area contributed by atoms with E-state index >= 15 is 0 Å². The molecule has 1 aromatic heterocycles. The molecule has 3 aliphatic rings. The monoisotopic (exact) mass is 525 g/mol. The van der Waals surface area contributed by atoms with E-state index in [2.05, 4.69) is 72.8 Å². The van der Waals surface area contributed by atoms with Gasteiger partial charge in [0.05, 0.1) is 5.69 Å². The van der Waals surface area contributed by atoms with Crippen molar-refractivity contribution in [1.29, 1.82) is 0 Å². The summed E-state index contributed by atoms with van der Waals surface area (Å²) in [5.41, 5.74) is 7.44. The Morgan fingerprint density at radius 3 is 2.18 bits per heavy atom. The molecule has 204 valence electrons. The Morgan fingerprint density at radius 2 is 1.54 bits per heavy atom. The maximum absolute atomic E-state index is 12.4. The van der Waals surface area contributed by atoms with E-state index in [0.717, 1.165) is 50.3 Å². The lowest BCUT2D eigenvalue weighted by atomic mass is 9.85. The quantitative estimate of drug-likeness (QED) is 0.383. The Kier molecular flexibility index (Phi) is 7.15. The summed E-state index contributed by atoms with van der Waals surface area (Å²) in [5, 5.41) is 13.8. The van der Waals surface area contributed by atoms with Crippen LogP contribution in [-0.2, 0) is 12.8 Å². The molecule has 0 spiro atoms. The molecular weight excluding hydrogens is 486 g/mol. The summed E-state index contributed by atoms with van der Waals surface area (Å²) in [6.45, 7) is 1.08. The van der Waals surface area contributed by atoms with Crippen molar-refractivity contribution in [1.82, 2.24) is 14.9 Å². The topological polar surface area (TPSA) is 81.6 Å². The minimum absolute atomic E-state index is 0.0820. The number of aryl methyl sites for hydroxylation is 1. The highest BCUT2D eigenvalue weighted by Gasteiger charge is 2.32. The van der Waals surface area contributed by atoms with E-state index < -0.39 is 6.09 Å². The maximum Gasteiger partial charge on any atom is 0.407 e. The van der Waals surface area contributed by atoms with Crippen molar-refractivity contribution in [2.75, 3.05) is 37.4 Å². The van der Waals surface area contributed by atoms with E-state index in [-0.39, 0.29) is 5.92 Å². The highest BCUT2D eigenvalue weighted by atomic mass is 16.4. The second-order valence-corrected chi connectivity index (χ2v) is 11.7. The molecule has 2 aromatic carbocycles. The third kappa shape index (κ3) is 5.19. The van der Waals surface area contributed by atoms with E-state index in [1.807, 2.05) is 0 Å². The Balaban J connectivity index is 1.10. The van der Waals surface area contributed by atoms with Crippen LogP contribution in [0.2, 0.25) is 0 Å². The number of nitrogens with one attached hydrogen (secondary N) is 1. The highest BCUT2D eigenvalue weighted by molar-refractivity contribution is 5.79. The smallest absolute Gasteiger partial charge is 0.407 e. The van der Waals surface area contributed by atoms with Crippen LogP contribution in [0.3, 0.4) is 0 Å². The van der Waals surface area contributed by atoms with Gasteiger partial charge >= 0.3 is 6.09 Å². The number of hydrogen-bond donors (Lipinski definition) is 2. The van der Waals surface area contributed by atoms with Crippen LogP contribution in [0.4, 0.5) is 16.6 Å². The number of benzene rings is 2. The van der Waals surface area contributed by atoms with Crippen LogP contribution in [0.15, 0.2) is 48.5 Å². The van der Waals surface area contributed by atoms with Crippen LogP contribution in [-0.4, -0.2) is 59.3 Å². The summed E-state index contributed by atoms with van der Waals surface area (Å²) in [6, 6.07) is 17.2. The summed E-state index contributed by atoms with van der Waals surface area (Å²) in [5.74, 6) is 2.24. The first kappa shape index (κ1) is 25.7. The number of hydrogen-bond acceptors (Lipinski definition) is 5. The molecule has 0 bridgehead atoms. The molecule has 1 saturated carbocycles. The zero-order valence-electron chi connectivity index (χ0n) is 23.1. The molecule has 0 aliphatic heterocycles. The molecule has 0 atom stereocenters. The summed E-state index contributed by atoms with van der Waals surface area (Å²) >= 11 is 0. The van der Waals surface area contributed by atoms with Crippen LogP contribution >= 0.6 is 0 Å². The molecule has 1 fully saturated rings. The van der Waals surface area contributed by atoms with Gasteiger partial charge in [-0.3, -0.25) is 0 Å². The third-order valence-corrected chi connectivity index (χ3v) is 8.88. The van der Waals surface area contributed by atoms with E-state index in [1.165, 1.54) is 46.4 Å². The van der Waals surface area contributed by atoms with Crippen molar-refractivity contribution >= 4 is 17.9 Å². The number of rotatable bonds is 7. The Hall–Kier alpha value is -3.61. The van der Waals surface area contributed by atoms with Crippen LogP contribution < -0.4 is 10.2 Å². The number of fused-ring (bicyclic) bond motifs is 4. The summed E-state index contributed by atoms with van der Waals surface area (Å²) in [4.78, 5) is 25.9. The van der Waals surface area contributed by atoms with Gasteiger partial charge in [0.2, 0.25) is 5.95 Å². The predicted molar refractivity (Wildman–Crippen MR) is 156 cm³/mol. The molecule has 0 unspecified atom stereocenters. The Morgan fingerprint density at radius 1 is 0.897 bits per heavy atom. The lowest BCUT2D eigenvalue weighted by molar-refractivity contribution is 0.129. The SMILES string of the molecule is CN(C)c1nc(NC2CCC(CN(CC3c4ccccc4-c4ccccc43)C(=O)O)CC2)nc2c1CCCC2. The van der Waals surface area contributed by atoms with Gasteiger partial charge in [-0.2, -0.15) is 4.98 Å². The van der Waals surface area contributed by atoms with Gasteiger partial charge in [-0.25, -0.2) is 9.78 Å². The standard InChI is InChI=1S/C32H39N5O2/c1-36(2)30-27-13-7-8-14-29(27)34-31(35-30)33-22-17-15-21(16-18-22)19-37(32(38)39)20-28-25-11-5-3-9-23(25)24-10-4-6-12-26(24)28/h3-6,9-12,21-22,28H,7-8,13-20H2,1-2H3,(H,38,39)(H,33,34,35). The molecule has 0 saturated heterocycles. The van der Waals surface area contributed by atoms with Gasteiger partial charge in [-0.15, -0.1) is 0 Å². The summed E-state index contributed by atoms with van der Waals surface area (Å²) < 4.78 is 0. The van der Waals surface area contributed by atoms with Crippen molar-refractivity contribution in [2.24, 2.45) is 5.92 Å².